The Labute approximate surface area is 175 Å². The lowest BCUT2D eigenvalue weighted by Gasteiger charge is -2.32. The monoisotopic (exact) mass is 425 g/mol. The van der Waals surface area contributed by atoms with Gasteiger partial charge in [-0.3, -0.25) is 4.79 Å². The molecule has 0 fully saturated rings. The van der Waals surface area contributed by atoms with E-state index >= 15 is 0 Å². The second-order valence-electron chi connectivity index (χ2n) is 7.14. The number of hydrogen-bond acceptors (Lipinski definition) is 3. The van der Waals surface area contributed by atoms with Gasteiger partial charge in [0.05, 0.1) is 17.4 Å². The molecular formula is C23H18F3N3O2. The summed E-state index contributed by atoms with van der Waals surface area (Å²) in [4.78, 5) is 11.3. The summed E-state index contributed by atoms with van der Waals surface area (Å²) in [5, 5.41) is 18.1. The van der Waals surface area contributed by atoms with Gasteiger partial charge >= 0.3 is 6.18 Å². The van der Waals surface area contributed by atoms with Crippen molar-refractivity contribution >= 4 is 22.5 Å². The van der Waals surface area contributed by atoms with Crippen LogP contribution in [0.2, 0.25) is 0 Å². The van der Waals surface area contributed by atoms with Crippen molar-refractivity contribution in [1.82, 2.24) is 9.78 Å². The van der Waals surface area contributed by atoms with Gasteiger partial charge in [-0.1, -0.05) is 36.4 Å². The van der Waals surface area contributed by atoms with Gasteiger partial charge in [0.1, 0.15) is 0 Å². The van der Waals surface area contributed by atoms with Crippen LogP contribution in [-0.4, -0.2) is 27.0 Å². The van der Waals surface area contributed by atoms with E-state index in [1.807, 2.05) is 30.3 Å². The third kappa shape index (κ3) is 3.66. The Balaban J connectivity index is 1.85. The minimum atomic E-state index is -5.01. The van der Waals surface area contributed by atoms with Crippen molar-refractivity contribution in [3.8, 4) is 5.69 Å². The molecule has 0 saturated heterocycles. The number of para-hydroxylation sites is 1. The van der Waals surface area contributed by atoms with Crippen LogP contribution in [0.4, 0.5) is 18.9 Å². The Morgan fingerprint density at radius 1 is 0.968 bits per heavy atom. The number of aromatic nitrogens is 2. The van der Waals surface area contributed by atoms with Crippen LogP contribution in [0.25, 0.3) is 16.6 Å². The maximum absolute atomic E-state index is 14.2. The van der Waals surface area contributed by atoms with Crippen molar-refractivity contribution in [3.63, 3.8) is 0 Å². The molecule has 1 heterocycles. The maximum atomic E-state index is 14.2. The first-order valence-corrected chi connectivity index (χ1v) is 9.41. The smallest absolute Gasteiger partial charge is 0.372 e. The summed E-state index contributed by atoms with van der Waals surface area (Å²) in [7, 11) is 0. The van der Waals surface area contributed by atoms with E-state index in [0.29, 0.717) is 10.9 Å². The summed E-state index contributed by atoms with van der Waals surface area (Å²) in [6, 6.07) is 18.3. The topological polar surface area (TPSA) is 67.2 Å². The molecule has 0 aliphatic heterocycles. The Hall–Kier alpha value is -3.65. The zero-order valence-electron chi connectivity index (χ0n) is 16.4. The molecule has 31 heavy (non-hydrogen) atoms. The second kappa shape index (κ2) is 7.55. The van der Waals surface area contributed by atoms with E-state index in [1.54, 1.807) is 4.68 Å². The van der Waals surface area contributed by atoms with E-state index in [2.05, 4.69) is 10.4 Å². The molecule has 1 amide bonds. The first kappa shape index (κ1) is 20.6. The molecule has 3 aromatic carbocycles. The van der Waals surface area contributed by atoms with E-state index in [-0.39, 0.29) is 11.3 Å². The van der Waals surface area contributed by atoms with Crippen molar-refractivity contribution in [3.05, 3.63) is 90.1 Å². The minimum absolute atomic E-state index is 0.158. The third-order valence-electron chi connectivity index (χ3n) is 5.00. The van der Waals surface area contributed by atoms with Crippen molar-refractivity contribution < 1.29 is 23.1 Å². The molecular weight excluding hydrogens is 407 g/mol. The number of halogens is 3. The zero-order valence-corrected chi connectivity index (χ0v) is 16.4. The molecule has 1 atom stereocenters. The van der Waals surface area contributed by atoms with E-state index in [9.17, 15) is 23.1 Å². The molecule has 0 aliphatic rings. The fourth-order valence-corrected chi connectivity index (χ4v) is 3.55. The minimum Gasteiger partial charge on any atom is -0.372 e. The Bertz CT molecular complexity index is 1250. The van der Waals surface area contributed by atoms with Crippen LogP contribution in [-0.2, 0) is 10.4 Å². The number of nitrogens with one attached hydrogen (secondary N) is 1. The molecule has 0 spiro atoms. The van der Waals surface area contributed by atoms with Gasteiger partial charge in [0.2, 0.25) is 11.5 Å². The van der Waals surface area contributed by atoms with Crippen LogP contribution >= 0.6 is 0 Å². The molecule has 4 rings (SSSR count). The van der Waals surface area contributed by atoms with E-state index in [1.165, 1.54) is 49.5 Å². The molecule has 5 nitrogen and oxygen atoms in total. The fourth-order valence-electron chi connectivity index (χ4n) is 3.55. The molecule has 8 heteroatoms. The highest BCUT2D eigenvalue weighted by atomic mass is 19.4. The molecule has 1 unspecified atom stereocenters. The summed E-state index contributed by atoms with van der Waals surface area (Å²) in [6.45, 7) is 1.25. The zero-order chi connectivity index (χ0) is 22.2. The summed E-state index contributed by atoms with van der Waals surface area (Å²) in [5.74, 6) is -0.428. The lowest BCUT2D eigenvalue weighted by Crippen LogP contribution is -2.43. The van der Waals surface area contributed by atoms with Gasteiger partial charge in [0.15, 0.2) is 0 Å². The quantitative estimate of drug-likeness (QED) is 0.494. The highest BCUT2D eigenvalue weighted by molar-refractivity contribution is 5.88. The van der Waals surface area contributed by atoms with E-state index in [4.69, 9.17) is 0 Å². The number of alkyl halides is 3. The normalized spacial score (nSPS) is 13.7. The van der Waals surface area contributed by atoms with Crippen molar-refractivity contribution in [2.24, 2.45) is 0 Å². The summed E-state index contributed by atoms with van der Waals surface area (Å²) in [6.07, 6.45) is -3.55. The van der Waals surface area contributed by atoms with Gasteiger partial charge < -0.3 is 10.4 Å². The van der Waals surface area contributed by atoms with Gasteiger partial charge in [0.25, 0.3) is 0 Å². The number of rotatable bonds is 4. The van der Waals surface area contributed by atoms with Crippen LogP contribution in [0.5, 0.6) is 0 Å². The van der Waals surface area contributed by atoms with Gasteiger partial charge in [-0.25, -0.2) is 4.68 Å². The van der Waals surface area contributed by atoms with E-state index in [0.717, 1.165) is 11.8 Å². The molecule has 0 aliphatic carbocycles. The van der Waals surface area contributed by atoms with Gasteiger partial charge in [-0.15, -0.1) is 0 Å². The Morgan fingerprint density at radius 2 is 1.68 bits per heavy atom. The standard InChI is InChI=1S/C23H18F3N3O2/c1-15(30)28-19-7-5-6-17(13-19)22(31,23(24,25)26)18-10-11-21-16(12-18)14-27-29(21)20-8-3-2-4-9-20/h2-14,31H,1H3,(H,28,30). The van der Waals surface area contributed by atoms with Crippen LogP contribution in [0, 0.1) is 0 Å². The van der Waals surface area contributed by atoms with Crippen molar-refractivity contribution in [2.45, 2.75) is 18.7 Å². The summed E-state index contributed by atoms with van der Waals surface area (Å²) < 4.78 is 44.2. The van der Waals surface area contributed by atoms with Gasteiger partial charge in [0, 0.05) is 18.0 Å². The first-order valence-electron chi connectivity index (χ1n) is 9.41. The number of aliphatic hydroxyl groups is 1. The molecule has 4 aromatic rings. The number of benzene rings is 3. The number of fused-ring (bicyclic) bond motifs is 1. The fraction of sp³-hybridized carbons (Fsp3) is 0.130. The highest BCUT2D eigenvalue weighted by Gasteiger charge is 2.56. The second-order valence-corrected chi connectivity index (χ2v) is 7.14. The number of nitrogens with zero attached hydrogens (tertiary/aromatic N) is 2. The Kier molecular flexibility index (Phi) is 5.02. The average molecular weight is 425 g/mol. The Morgan fingerprint density at radius 3 is 2.35 bits per heavy atom. The third-order valence-corrected chi connectivity index (χ3v) is 5.00. The van der Waals surface area contributed by atoms with Crippen LogP contribution in [0.15, 0.2) is 79.0 Å². The van der Waals surface area contributed by atoms with Crippen LogP contribution in [0.3, 0.4) is 0 Å². The molecule has 158 valence electrons. The van der Waals surface area contributed by atoms with Crippen LogP contribution in [0.1, 0.15) is 18.1 Å². The summed E-state index contributed by atoms with van der Waals surface area (Å²) >= 11 is 0. The van der Waals surface area contributed by atoms with Gasteiger partial charge in [-0.2, -0.15) is 18.3 Å². The first-order chi connectivity index (χ1) is 14.7. The molecule has 0 radical (unpaired) electrons. The number of amides is 1. The molecule has 1 aromatic heterocycles. The highest BCUT2D eigenvalue weighted by Crippen LogP contribution is 2.45. The van der Waals surface area contributed by atoms with Crippen molar-refractivity contribution in [2.75, 3.05) is 5.32 Å². The van der Waals surface area contributed by atoms with E-state index < -0.39 is 23.2 Å². The number of anilines is 1. The average Bonchev–Trinajstić information content (AvgIpc) is 3.16. The number of carbonyl (C=O) groups excluding carboxylic acids is 1. The predicted octanol–water partition coefficient (Wildman–Crippen LogP) is 4.78. The lowest BCUT2D eigenvalue weighted by atomic mass is 9.85. The number of hydrogen-bond donors (Lipinski definition) is 2. The molecule has 0 bridgehead atoms. The van der Waals surface area contributed by atoms with Gasteiger partial charge in [-0.05, 0) is 47.5 Å². The van der Waals surface area contributed by atoms with Crippen LogP contribution < -0.4 is 5.32 Å². The molecule has 0 saturated carbocycles. The van der Waals surface area contributed by atoms with Crippen molar-refractivity contribution in [1.29, 1.82) is 0 Å². The lowest BCUT2D eigenvalue weighted by molar-refractivity contribution is -0.248. The number of carbonyl (C=O) groups is 1. The molecule has 2 N–H and O–H groups in total. The maximum Gasteiger partial charge on any atom is 0.425 e. The largest absolute Gasteiger partial charge is 0.425 e. The summed E-state index contributed by atoms with van der Waals surface area (Å²) in [5.41, 5.74) is -2.50. The SMILES string of the molecule is CC(=O)Nc1cccc(C(O)(c2ccc3c(cnn3-c3ccccc3)c2)C(F)(F)F)c1. The predicted molar refractivity (Wildman–Crippen MR) is 111 cm³/mol.